The second-order valence-electron chi connectivity index (χ2n) is 6.51. The molecule has 1 N–H and O–H groups in total. The van der Waals surface area contributed by atoms with Crippen LogP contribution in [-0.4, -0.2) is 11.2 Å². The van der Waals surface area contributed by atoms with Gasteiger partial charge in [-0.15, -0.1) is 11.3 Å². The molecule has 0 aliphatic rings. The molecule has 0 bridgehead atoms. The predicted octanol–water partition coefficient (Wildman–Crippen LogP) is 7.90. The van der Waals surface area contributed by atoms with Crippen LogP contribution in [0, 0.1) is 0 Å². The average Bonchev–Trinajstić information content (AvgIpc) is 3.23. The summed E-state index contributed by atoms with van der Waals surface area (Å²) in [5.41, 5.74) is 6.77. The molecular weight excluding hydrogens is 517 g/mol. The molecule has 4 rings (SSSR count). The smallest absolute Gasteiger partial charge is 0.203 e. The van der Waals surface area contributed by atoms with Gasteiger partial charge in [0, 0.05) is 31.0 Å². The molecular formula is C23H16BrCl2N3OS. The molecule has 0 unspecified atom stereocenters. The van der Waals surface area contributed by atoms with Crippen molar-refractivity contribution in [3.63, 3.8) is 0 Å². The van der Waals surface area contributed by atoms with Gasteiger partial charge in [0.25, 0.3) is 0 Å². The maximum Gasteiger partial charge on any atom is 0.203 e. The summed E-state index contributed by atoms with van der Waals surface area (Å²) in [6, 6.07) is 21.0. The molecule has 1 aromatic heterocycles. The van der Waals surface area contributed by atoms with Gasteiger partial charge < -0.3 is 4.74 Å². The fourth-order valence-electron chi connectivity index (χ4n) is 2.69. The molecule has 0 atom stereocenters. The fraction of sp³-hybridized carbons (Fsp3) is 0.0435. The highest BCUT2D eigenvalue weighted by Crippen LogP contribution is 2.26. The number of hydrazone groups is 1. The molecule has 0 fully saturated rings. The largest absolute Gasteiger partial charge is 0.489 e. The number of thiazole rings is 1. The third-order valence-corrected chi connectivity index (χ3v) is 6.17. The number of aromatic nitrogens is 1. The van der Waals surface area contributed by atoms with Crippen molar-refractivity contribution in [3.8, 4) is 17.0 Å². The Bertz CT molecular complexity index is 1190. The zero-order valence-corrected chi connectivity index (χ0v) is 20.0. The van der Waals surface area contributed by atoms with Crippen molar-refractivity contribution in [1.29, 1.82) is 0 Å². The minimum absolute atomic E-state index is 0.371. The quantitative estimate of drug-likeness (QED) is 0.194. The van der Waals surface area contributed by atoms with E-state index in [-0.39, 0.29) is 0 Å². The van der Waals surface area contributed by atoms with Gasteiger partial charge in [-0.3, -0.25) is 5.43 Å². The first-order valence-corrected chi connectivity index (χ1v) is 11.7. The number of anilines is 1. The maximum absolute atomic E-state index is 6.18. The molecule has 4 nitrogen and oxygen atoms in total. The number of nitrogens with one attached hydrogen (secondary N) is 1. The molecule has 0 spiro atoms. The lowest BCUT2D eigenvalue weighted by Crippen LogP contribution is -1.96. The first kappa shape index (κ1) is 21.8. The predicted molar refractivity (Wildman–Crippen MR) is 134 cm³/mol. The summed E-state index contributed by atoms with van der Waals surface area (Å²) in [4.78, 5) is 4.56. The molecule has 0 aliphatic carbocycles. The zero-order chi connectivity index (χ0) is 21.6. The van der Waals surface area contributed by atoms with E-state index in [4.69, 9.17) is 27.9 Å². The third kappa shape index (κ3) is 6.08. The van der Waals surface area contributed by atoms with Crippen LogP contribution < -0.4 is 10.2 Å². The minimum atomic E-state index is 0.371. The molecule has 0 aliphatic heterocycles. The Kier molecular flexibility index (Phi) is 7.25. The van der Waals surface area contributed by atoms with Gasteiger partial charge >= 0.3 is 0 Å². The maximum atomic E-state index is 6.18. The van der Waals surface area contributed by atoms with Crippen LogP contribution in [0.2, 0.25) is 10.0 Å². The van der Waals surface area contributed by atoms with Crippen LogP contribution in [0.4, 0.5) is 5.13 Å². The lowest BCUT2D eigenvalue weighted by Gasteiger charge is -2.08. The van der Waals surface area contributed by atoms with Crippen molar-refractivity contribution in [1.82, 2.24) is 4.98 Å². The minimum Gasteiger partial charge on any atom is -0.489 e. The van der Waals surface area contributed by atoms with Crippen LogP contribution in [0.3, 0.4) is 0 Å². The Morgan fingerprint density at radius 2 is 1.81 bits per heavy atom. The number of halogens is 3. The monoisotopic (exact) mass is 531 g/mol. The van der Waals surface area contributed by atoms with Gasteiger partial charge in [-0.05, 0) is 54.1 Å². The van der Waals surface area contributed by atoms with Gasteiger partial charge in [-0.2, -0.15) is 5.10 Å². The highest BCUT2D eigenvalue weighted by molar-refractivity contribution is 9.10. The first-order valence-electron chi connectivity index (χ1n) is 9.24. The van der Waals surface area contributed by atoms with E-state index in [0.717, 1.165) is 37.7 Å². The van der Waals surface area contributed by atoms with Crippen LogP contribution in [0.15, 0.2) is 81.7 Å². The van der Waals surface area contributed by atoms with Crippen molar-refractivity contribution in [2.24, 2.45) is 5.10 Å². The Labute approximate surface area is 202 Å². The number of hydrogen-bond donors (Lipinski definition) is 1. The van der Waals surface area contributed by atoms with E-state index in [9.17, 15) is 0 Å². The SMILES string of the molecule is Clc1ccc(COc2ccc(C=NNc3nc(-c4ccc(Br)cc4)cs3)cc2)c(Cl)c1. The molecule has 4 aromatic rings. The Hall–Kier alpha value is -2.38. The highest BCUT2D eigenvalue weighted by atomic mass is 79.9. The van der Waals surface area contributed by atoms with Crippen molar-refractivity contribution in [3.05, 3.63) is 97.8 Å². The van der Waals surface area contributed by atoms with Gasteiger partial charge in [-0.1, -0.05) is 57.3 Å². The Morgan fingerprint density at radius 3 is 2.55 bits per heavy atom. The summed E-state index contributed by atoms with van der Waals surface area (Å²) in [7, 11) is 0. The van der Waals surface area contributed by atoms with Crippen LogP contribution >= 0.6 is 50.5 Å². The summed E-state index contributed by atoms with van der Waals surface area (Å²) in [6.07, 6.45) is 1.74. The first-order chi connectivity index (χ1) is 15.1. The van der Waals surface area contributed by atoms with E-state index >= 15 is 0 Å². The van der Waals surface area contributed by atoms with Gasteiger partial charge in [-0.25, -0.2) is 4.98 Å². The van der Waals surface area contributed by atoms with Crippen molar-refractivity contribution < 1.29 is 4.74 Å². The molecule has 0 amide bonds. The van der Waals surface area contributed by atoms with E-state index in [2.05, 4.69) is 31.4 Å². The summed E-state index contributed by atoms with van der Waals surface area (Å²) in [5, 5.41) is 8.20. The topological polar surface area (TPSA) is 46.5 Å². The Balaban J connectivity index is 1.31. The lowest BCUT2D eigenvalue weighted by molar-refractivity contribution is 0.306. The lowest BCUT2D eigenvalue weighted by atomic mass is 10.2. The summed E-state index contributed by atoms with van der Waals surface area (Å²) >= 11 is 17.0. The van der Waals surface area contributed by atoms with Crippen LogP contribution in [0.5, 0.6) is 5.75 Å². The van der Waals surface area contributed by atoms with Crippen molar-refractivity contribution in [2.45, 2.75) is 6.61 Å². The fourth-order valence-corrected chi connectivity index (χ4v) is 4.09. The number of rotatable bonds is 7. The molecule has 0 saturated heterocycles. The summed E-state index contributed by atoms with van der Waals surface area (Å²) in [5.74, 6) is 0.746. The van der Waals surface area contributed by atoms with E-state index in [1.807, 2.05) is 60.0 Å². The number of benzene rings is 3. The average molecular weight is 533 g/mol. The van der Waals surface area contributed by atoms with Gasteiger partial charge in [0.1, 0.15) is 12.4 Å². The van der Waals surface area contributed by atoms with E-state index in [1.165, 1.54) is 11.3 Å². The second kappa shape index (κ2) is 10.3. The molecule has 3 aromatic carbocycles. The molecule has 31 heavy (non-hydrogen) atoms. The molecule has 0 saturated carbocycles. The number of hydrogen-bond acceptors (Lipinski definition) is 5. The zero-order valence-electron chi connectivity index (χ0n) is 16.1. The summed E-state index contributed by atoms with van der Waals surface area (Å²) < 4.78 is 6.84. The van der Waals surface area contributed by atoms with Crippen LogP contribution in [0.1, 0.15) is 11.1 Å². The van der Waals surface area contributed by atoms with Crippen molar-refractivity contribution in [2.75, 3.05) is 5.43 Å². The van der Waals surface area contributed by atoms with E-state index in [0.29, 0.717) is 16.7 Å². The summed E-state index contributed by atoms with van der Waals surface area (Å²) in [6.45, 7) is 0.371. The van der Waals surface area contributed by atoms with E-state index < -0.39 is 0 Å². The van der Waals surface area contributed by atoms with Crippen molar-refractivity contribution >= 4 is 61.8 Å². The number of ether oxygens (including phenoxy) is 1. The van der Waals surface area contributed by atoms with Crippen LogP contribution in [0.25, 0.3) is 11.3 Å². The standard InChI is InChI=1S/C23H16BrCl2N3OS/c24-18-6-3-16(4-7-18)22-14-31-23(28-22)29-27-12-15-1-9-20(10-2-15)30-13-17-5-8-19(25)11-21(17)26/h1-12,14H,13H2,(H,28,29). The third-order valence-electron chi connectivity index (χ3n) is 4.31. The van der Waals surface area contributed by atoms with Gasteiger partial charge in [0.2, 0.25) is 5.13 Å². The normalized spacial score (nSPS) is 11.1. The second-order valence-corrected chi connectivity index (χ2v) is 9.13. The van der Waals surface area contributed by atoms with Crippen LogP contribution in [-0.2, 0) is 6.61 Å². The Morgan fingerprint density at radius 1 is 1.03 bits per heavy atom. The number of nitrogens with zero attached hydrogens (tertiary/aromatic N) is 2. The molecule has 1 heterocycles. The molecule has 8 heteroatoms. The molecule has 156 valence electrons. The van der Waals surface area contributed by atoms with E-state index in [1.54, 1.807) is 18.3 Å². The highest BCUT2D eigenvalue weighted by Gasteiger charge is 2.04. The van der Waals surface area contributed by atoms with Gasteiger partial charge in [0.15, 0.2) is 0 Å². The molecule has 0 radical (unpaired) electrons. The van der Waals surface area contributed by atoms with Gasteiger partial charge in [0.05, 0.1) is 11.9 Å².